The molecule has 2 aromatic rings. The summed E-state index contributed by atoms with van der Waals surface area (Å²) in [5, 5.41) is 0. The van der Waals surface area contributed by atoms with Crippen LogP contribution in [0.3, 0.4) is 0 Å². The first-order valence-electron chi connectivity index (χ1n) is 4.54. The van der Waals surface area contributed by atoms with Crippen LogP contribution in [-0.2, 0) is 4.74 Å². The van der Waals surface area contributed by atoms with Gasteiger partial charge in [0.25, 0.3) is 0 Å². The topological polar surface area (TPSA) is 39.2 Å². The molecule has 0 radical (unpaired) electrons. The van der Waals surface area contributed by atoms with Crippen LogP contribution < -0.4 is 0 Å². The Kier molecular flexibility index (Phi) is 3.58. The molecule has 16 heavy (non-hydrogen) atoms. The summed E-state index contributed by atoms with van der Waals surface area (Å²) in [5.74, 6) is -0.311. The van der Waals surface area contributed by atoms with Crippen molar-refractivity contribution in [3.63, 3.8) is 0 Å². The first-order valence-corrected chi connectivity index (χ1v) is 6.24. The minimum atomic E-state index is -0.311. The van der Waals surface area contributed by atoms with Crippen molar-refractivity contribution in [2.45, 2.75) is 9.10 Å². The third kappa shape index (κ3) is 2.62. The average Bonchev–Trinajstić information content (AvgIpc) is 2.82. The summed E-state index contributed by atoms with van der Waals surface area (Å²) in [5.41, 5.74) is 2.36. The third-order valence-corrected chi connectivity index (χ3v) is 3.82. The molecule has 1 aromatic heterocycles. The van der Waals surface area contributed by atoms with Gasteiger partial charge in [0.1, 0.15) is 0 Å². The van der Waals surface area contributed by atoms with Gasteiger partial charge in [-0.3, -0.25) is 4.98 Å². The molecular formula is C11H9NO2S2. The van der Waals surface area contributed by atoms with Gasteiger partial charge in [0.15, 0.2) is 0 Å². The number of thiazole rings is 1. The predicted molar refractivity (Wildman–Crippen MR) is 64.0 cm³/mol. The van der Waals surface area contributed by atoms with E-state index in [-0.39, 0.29) is 5.97 Å². The number of esters is 1. The van der Waals surface area contributed by atoms with Crippen LogP contribution in [0.5, 0.6) is 0 Å². The van der Waals surface area contributed by atoms with Crippen LogP contribution in [-0.4, -0.2) is 18.1 Å². The van der Waals surface area contributed by atoms with Gasteiger partial charge in [0.05, 0.1) is 28.6 Å². The second kappa shape index (κ2) is 5.14. The number of nitrogens with zero attached hydrogens (tertiary/aromatic N) is 1. The molecule has 0 unspecified atom stereocenters. The summed E-state index contributed by atoms with van der Waals surface area (Å²) >= 11 is 3.22. The molecule has 3 nitrogen and oxygen atoms in total. The van der Waals surface area contributed by atoms with Crippen molar-refractivity contribution in [2.24, 2.45) is 0 Å². The van der Waals surface area contributed by atoms with Crippen molar-refractivity contribution in [3.8, 4) is 0 Å². The molecule has 0 N–H and O–H groups in total. The van der Waals surface area contributed by atoms with Crippen LogP contribution in [0, 0.1) is 0 Å². The van der Waals surface area contributed by atoms with E-state index in [0.717, 1.165) is 9.10 Å². The Morgan fingerprint density at radius 2 is 2.12 bits per heavy atom. The molecule has 0 bridgehead atoms. The molecular weight excluding hydrogens is 242 g/mol. The van der Waals surface area contributed by atoms with Crippen LogP contribution in [0.2, 0.25) is 0 Å². The minimum Gasteiger partial charge on any atom is -0.465 e. The Morgan fingerprint density at radius 3 is 2.69 bits per heavy atom. The third-order valence-electron chi connectivity index (χ3n) is 1.90. The van der Waals surface area contributed by atoms with Gasteiger partial charge < -0.3 is 4.74 Å². The van der Waals surface area contributed by atoms with Crippen LogP contribution >= 0.6 is 23.1 Å². The van der Waals surface area contributed by atoms with Crippen molar-refractivity contribution in [1.29, 1.82) is 0 Å². The number of carbonyl (C=O) groups excluding carboxylic acids is 1. The number of methoxy groups -OCH3 is 1. The first-order chi connectivity index (χ1) is 7.79. The lowest BCUT2D eigenvalue weighted by Gasteiger charge is -2.00. The monoisotopic (exact) mass is 251 g/mol. The van der Waals surface area contributed by atoms with Crippen molar-refractivity contribution in [1.82, 2.24) is 4.98 Å². The molecule has 0 aliphatic rings. The Labute approximate surface area is 101 Å². The highest BCUT2D eigenvalue weighted by molar-refractivity contribution is 8.01. The average molecular weight is 251 g/mol. The van der Waals surface area contributed by atoms with Gasteiger partial charge in [-0.05, 0) is 24.3 Å². The second-order valence-corrected chi connectivity index (χ2v) is 5.20. The van der Waals surface area contributed by atoms with Crippen LogP contribution in [0.4, 0.5) is 0 Å². The van der Waals surface area contributed by atoms with Crippen LogP contribution in [0.1, 0.15) is 10.4 Å². The Balaban J connectivity index is 2.10. The normalized spacial score (nSPS) is 10.1. The predicted octanol–water partition coefficient (Wildman–Crippen LogP) is 3.08. The molecule has 0 aliphatic heterocycles. The molecule has 82 valence electrons. The van der Waals surface area contributed by atoms with E-state index in [2.05, 4.69) is 9.72 Å². The summed E-state index contributed by atoms with van der Waals surface area (Å²) in [4.78, 5) is 16.3. The van der Waals surface area contributed by atoms with Crippen molar-refractivity contribution in [3.05, 3.63) is 41.5 Å². The first kappa shape index (κ1) is 11.2. The number of hydrogen-bond donors (Lipinski definition) is 0. The highest BCUT2D eigenvalue weighted by Gasteiger charge is 2.05. The quantitative estimate of drug-likeness (QED) is 0.786. The van der Waals surface area contributed by atoms with Gasteiger partial charge in [0, 0.05) is 4.90 Å². The molecule has 1 aromatic carbocycles. The highest BCUT2D eigenvalue weighted by Crippen LogP contribution is 2.30. The van der Waals surface area contributed by atoms with Gasteiger partial charge in [-0.1, -0.05) is 11.8 Å². The molecule has 0 amide bonds. The molecule has 0 fully saturated rings. The summed E-state index contributed by atoms with van der Waals surface area (Å²) in [6, 6.07) is 7.32. The summed E-state index contributed by atoms with van der Waals surface area (Å²) < 4.78 is 5.76. The van der Waals surface area contributed by atoms with Crippen molar-refractivity contribution in [2.75, 3.05) is 7.11 Å². The van der Waals surface area contributed by atoms with Gasteiger partial charge >= 0.3 is 5.97 Å². The number of benzene rings is 1. The van der Waals surface area contributed by atoms with Crippen LogP contribution in [0.25, 0.3) is 0 Å². The summed E-state index contributed by atoms with van der Waals surface area (Å²) in [6.07, 6.45) is 1.82. The lowest BCUT2D eigenvalue weighted by Crippen LogP contribution is -2.00. The van der Waals surface area contributed by atoms with Gasteiger partial charge in [-0.15, -0.1) is 11.3 Å². The fourth-order valence-corrected chi connectivity index (χ4v) is 2.72. The highest BCUT2D eigenvalue weighted by atomic mass is 32.2. The van der Waals surface area contributed by atoms with E-state index in [9.17, 15) is 4.79 Å². The van der Waals surface area contributed by atoms with E-state index in [4.69, 9.17) is 0 Å². The van der Waals surface area contributed by atoms with Gasteiger partial charge in [0.2, 0.25) is 0 Å². The number of rotatable bonds is 3. The molecule has 1 heterocycles. The molecule has 0 saturated heterocycles. The van der Waals surface area contributed by atoms with Gasteiger partial charge in [-0.25, -0.2) is 4.79 Å². The van der Waals surface area contributed by atoms with Crippen molar-refractivity contribution >= 4 is 29.1 Å². The summed E-state index contributed by atoms with van der Waals surface area (Å²) in [6.45, 7) is 0. The standard InChI is InChI=1S/C11H9NO2S2/c1-14-11(13)8-2-4-9(5-3-8)16-10-6-12-7-15-10/h2-7H,1H3. The van der Waals surface area contributed by atoms with E-state index in [1.54, 1.807) is 40.7 Å². The maximum atomic E-state index is 11.2. The second-order valence-electron chi connectivity index (χ2n) is 2.94. The molecule has 0 atom stereocenters. The van der Waals surface area contributed by atoms with E-state index in [1.807, 2.05) is 18.3 Å². The maximum Gasteiger partial charge on any atom is 0.337 e. The summed E-state index contributed by atoms with van der Waals surface area (Å²) in [7, 11) is 1.38. The fraction of sp³-hybridized carbons (Fsp3) is 0.0909. The molecule has 2 rings (SSSR count). The lowest BCUT2D eigenvalue weighted by molar-refractivity contribution is 0.0600. The van der Waals surface area contributed by atoms with E-state index < -0.39 is 0 Å². The number of carbonyl (C=O) groups is 1. The fourth-order valence-electron chi connectivity index (χ4n) is 1.15. The minimum absolute atomic E-state index is 0.311. The molecule has 5 heteroatoms. The van der Waals surface area contributed by atoms with Crippen LogP contribution in [0.15, 0.2) is 45.1 Å². The van der Waals surface area contributed by atoms with Gasteiger partial charge in [-0.2, -0.15) is 0 Å². The van der Waals surface area contributed by atoms with E-state index in [1.165, 1.54) is 7.11 Å². The maximum absolute atomic E-state index is 11.2. The van der Waals surface area contributed by atoms with E-state index in [0.29, 0.717) is 5.56 Å². The number of aromatic nitrogens is 1. The number of hydrogen-bond acceptors (Lipinski definition) is 5. The van der Waals surface area contributed by atoms with E-state index >= 15 is 0 Å². The molecule has 0 aliphatic carbocycles. The Hall–Kier alpha value is -1.33. The number of ether oxygens (including phenoxy) is 1. The molecule has 0 spiro atoms. The lowest BCUT2D eigenvalue weighted by atomic mass is 10.2. The zero-order valence-corrected chi connectivity index (χ0v) is 10.2. The Morgan fingerprint density at radius 1 is 1.38 bits per heavy atom. The largest absolute Gasteiger partial charge is 0.465 e. The van der Waals surface area contributed by atoms with Crippen molar-refractivity contribution < 1.29 is 9.53 Å². The zero-order chi connectivity index (χ0) is 11.4. The smallest absolute Gasteiger partial charge is 0.337 e. The molecule has 0 saturated carbocycles. The SMILES string of the molecule is COC(=O)c1ccc(Sc2cncs2)cc1. The Bertz CT molecular complexity index is 465. The zero-order valence-electron chi connectivity index (χ0n) is 8.54.